The molecule has 1 aromatic heterocycles. The number of rotatable bonds is 3. The lowest BCUT2D eigenvalue weighted by atomic mass is 9.82. The maximum absolute atomic E-state index is 13.3. The molecule has 7 heteroatoms. The number of fused-ring (bicyclic) bond motifs is 2. The van der Waals surface area contributed by atoms with Gasteiger partial charge in [-0.2, -0.15) is 0 Å². The lowest BCUT2D eigenvalue weighted by molar-refractivity contribution is -0.134. The van der Waals surface area contributed by atoms with Crippen LogP contribution < -0.4 is 10.6 Å². The van der Waals surface area contributed by atoms with E-state index in [9.17, 15) is 9.59 Å². The number of carbonyl (C=O) groups is 2. The minimum absolute atomic E-state index is 0.0667. The summed E-state index contributed by atoms with van der Waals surface area (Å²) in [6.07, 6.45) is 4.26. The molecule has 3 fully saturated rings. The van der Waals surface area contributed by atoms with Gasteiger partial charge in [-0.1, -0.05) is 43.2 Å². The number of nitrogens with zero attached hydrogens (tertiary/aromatic N) is 2. The molecule has 6 rings (SSSR count). The van der Waals surface area contributed by atoms with E-state index in [-0.39, 0.29) is 30.1 Å². The molecule has 1 aliphatic carbocycles. The summed E-state index contributed by atoms with van der Waals surface area (Å²) in [5.74, 6) is 0.359. The quantitative estimate of drug-likeness (QED) is 0.565. The van der Waals surface area contributed by atoms with Crippen LogP contribution in [0.25, 0.3) is 22.2 Å². The molecule has 1 saturated carbocycles. The highest BCUT2D eigenvalue weighted by Crippen LogP contribution is 2.28. The van der Waals surface area contributed by atoms with Crippen molar-refractivity contribution in [3.8, 4) is 11.3 Å². The van der Waals surface area contributed by atoms with Gasteiger partial charge in [-0.05, 0) is 42.7 Å². The van der Waals surface area contributed by atoms with Crippen LogP contribution in [0, 0.1) is 5.92 Å². The fourth-order valence-corrected chi connectivity index (χ4v) is 5.73. The predicted octanol–water partition coefficient (Wildman–Crippen LogP) is 3.15. The van der Waals surface area contributed by atoms with Gasteiger partial charge in [0.2, 0.25) is 5.91 Å². The summed E-state index contributed by atoms with van der Waals surface area (Å²) in [5, 5.41) is 7.86. The van der Waals surface area contributed by atoms with E-state index in [1.54, 1.807) is 0 Å². The van der Waals surface area contributed by atoms with E-state index >= 15 is 0 Å². The maximum atomic E-state index is 13.3. The third kappa shape index (κ3) is 3.99. The van der Waals surface area contributed by atoms with Crippen LogP contribution in [0.2, 0.25) is 0 Å². The normalized spacial score (nSPS) is 25.7. The number of hydrogen-bond donors (Lipinski definition) is 3. The second-order valence-corrected chi connectivity index (χ2v) is 9.75. The van der Waals surface area contributed by atoms with Gasteiger partial charge in [-0.25, -0.2) is 0 Å². The number of benzene rings is 2. The van der Waals surface area contributed by atoms with Crippen molar-refractivity contribution in [1.29, 1.82) is 0 Å². The second-order valence-electron chi connectivity index (χ2n) is 9.75. The smallest absolute Gasteiger partial charge is 0.253 e. The Morgan fingerprint density at radius 3 is 2.53 bits per heavy atom. The summed E-state index contributed by atoms with van der Waals surface area (Å²) < 4.78 is 0. The van der Waals surface area contributed by atoms with Crippen molar-refractivity contribution in [3.05, 3.63) is 60.2 Å². The van der Waals surface area contributed by atoms with E-state index in [0.717, 1.165) is 54.5 Å². The number of amides is 2. The van der Waals surface area contributed by atoms with Crippen molar-refractivity contribution in [3.63, 3.8) is 0 Å². The number of hydrogen-bond acceptors (Lipinski definition) is 4. The van der Waals surface area contributed by atoms with E-state index in [1.165, 1.54) is 6.42 Å². The van der Waals surface area contributed by atoms with Crippen molar-refractivity contribution < 1.29 is 9.59 Å². The van der Waals surface area contributed by atoms with Gasteiger partial charge in [0.15, 0.2) is 0 Å². The average molecular weight is 458 g/mol. The highest BCUT2D eigenvalue weighted by Gasteiger charge is 2.40. The van der Waals surface area contributed by atoms with Crippen LogP contribution in [0.5, 0.6) is 0 Å². The van der Waals surface area contributed by atoms with E-state index in [1.807, 2.05) is 41.3 Å². The standard InChI is InChI=1S/C27H31N5O2/c33-25-21-8-4-5-9-23(21)29-27(30-25)32-14-12-31(13-15-32)26(34)19-10-11-22-20(16-19)17-24(28-22)18-6-2-1-3-7-18/h1-3,6-7,10-11,16-17,21,23,27-29H,4-5,8-9,12-15H2,(H,30,33). The van der Waals surface area contributed by atoms with Crippen LogP contribution in [0.15, 0.2) is 54.6 Å². The zero-order valence-corrected chi connectivity index (χ0v) is 19.3. The van der Waals surface area contributed by atoms with Crippen LogP contribution in [0.1, 0.15) is 36.0 Å². The fourth-order valence-electron chi connectivity index (χ4n) is 5.73. The molecule has 3 atom stereocenters. The SMILES string of the molecule is O=C1NC(N2CCN(C(=O)c3ccc4[nH]c(-c5ccccc5)cc4c3)CC2)NC2CCCCC12. The number of H-pyrrole nitrogens is 1. The van der Waals surface area contributed by atoms with Gasteiger partial charge in [-0.15, -0.1) is 0 Å². The Balaban J connectivity index is 1.11. The van der Waals surface area contributed by atoms with Crippen molar-refractivity contribution in [2.75, 3.05) is 26.2 Å². The van der Waals surface area contributed by atoms with Crippen LogP contribution in [0.4, 0.5) is 0 Å². The monoisotopic (exact) mass is 457 g/mol. The molecule has 0 spiro atoms. The third-order valence-electron chi connectivity index (χ3n) is 7.67. The Bertz CT molecular complexity index is 1200. The Kier molecular flexibility index (Phi) is 5.59. The average Bonchev–Trinajstić information content (AvgIpc) is 3.32. The summed E-state index contributed by atoms with van der Waals surface area (Å²) in [4.78, 5) is 33.5. The van der Waals surface area contributed by atoms with Gasteiger partial charge in [0, 0.05) is 54.4 Å². The first kappa shape index (κ1) is 21.4. The largest absolute Gasteiger partial charge is 0.355 e. The molecule has 3 heterocycles. The second kappa shape index (κ2) is 8.89. The zero-order chi connectivity index (χ0) is 23.1. The van der Waals surface area contributed by atoms with E-state index in [4.69, 9.17) is 0 Å². The van der Waals surface area contributed by atoms with E-state index in [0.29, 0.717) is 18.7 Å². The van der Waals surface area contributed by atoms with Crippen LogP contribution >= 0.6 is 0 Å². The highest BCUT2D eigenvalue weighted by molar-refractivity contribution is 5.99. The van der Waals surface area contributed by atoms with Crippen molar-refractivity contribution >= 4 is 22.7 Å². The maximum Gasteiger partial charge on any atom is 0.253 e. The first-order valence-electron chi connectivity index (χ1n) is 12.4. The molecule has 3 unspecified atom stereocenters. The number of carbonyl (C=O) groups excluding carboxylic acids is 2. The Labute approximate surface area is 199 Å². The molecule has 0 bridgehead atoms. The van der Waals surface area contributed by atoms with Gasteiger partial charge in [0.05, 0.1) is 5.92 Å². The number of piperazine rings is 1. The van der Waals surface area contributed by atoms with Crippen molar-refractivity contribution in [1.82, 2.24) is 25.4 Å². The molecule has 0 radical (unpaired) electrons. The Morgan fingerprint density at radius 1 is 0.912 bits per heavy atom. The molecule has 2 aliphatic heterocycles. The number of nitrogens with one attached hydrogen (secondary N) is 3. The molecule has 176 valence electrons. The van der Waals surface area contributed by atoms with Crippen molar-refractivity contribution in [2.24, 2.45) is 5.92 Å². The Hall–Kier alpha value is -3.16. The van der Waals surface area contributed by atoms with E-state index in [2.05, 4.69) is 38.7 Å². The molecule has 2 amide bonds. The highest BCUT2D eigenvalue weighted by atomic mass is 16.2. The summed E-state index contributed by atoms with van der Waals surface area (Å²) in [6, 6.07) is 18.5. The van der Waals surface area contributed by atoms with Gasteiger partial charge < -0.3 is 15.2 Å². The molecule has 2 saturated heterocycles. The molecule has 7 nitrogen and oxygen atoms in total. The molecular weight excluding hydrogens is 426 g/mol. The van der Waals surface area contributed by atoms with Gasteiger partial charge in [0.1, 0.15) is 6.29 Å². The summed E-state index contributed by atoms with van der Waals surface area (Å²) in [7, 11) is 0. The topological polar surface area (TPSA) is 80.5 Å². The fraction of sp³-hybridized carbons (Fsp3) is 0.407. The lowest BCUT2D eigenvalue weighted by Crippen LogP contribution is -2.69. The summed E-state index contributed by atoms with van der Waals surface area (Å²) >= 11 is 0. The van der Waals surface area contributed by atoms with Gasteiger partial charge in [0.25, 0.3) is 5.91 Å². The molecule has 3 aromatic rings. The number of aromatic nitrogens is 1. The number of aromatic amines is 1. The summed E-state index contributed by atoms with van der Waals surface area (Å²) in [5.41, 5.74) is 3.93. The Morgan fingerprint density at radius 2 is 1.71 bits per heavy atom. The van der Waals surface area contributed by atoms with E-state index < -0.39 is 0 Å². The molecule has 3 aliphatic rings. The molecular formula is C27H31N5O2. The molecule has 34 heavy (non-hydrogen) atoms. The van der Waals surface area contributed by atoms with Gasteiger partial charge in [-0.3, -0.25) is 19.8 Å². The lowest BCUT2D eigenvalue weighted by Gasteiger charge is -2.46. The van der Waals surface area contributed by atoms with Crippen molar-refractivity contribution in [2.45, 2.75) is 38.0 Å². The summed E-state index contributed by atoms with van der Waals surface area (Å²) in [6.45, 7) is 2.79. The van der Waals surface area contributed by atoms with Crippen LogP contribution in [0.3, 0.4) is 0 Å². The minimum Gasteiger partial charge on any atom is -0.355 e. The zero-order valence-electron chi connectivity index (χ0n) is 19.3. The predicted molar refractivity (Wildman–Crippen MR) is 132 cm³/mol. The first-order valence-corrected chi connectivity index (χ1v) is 12.4. The molecule has 3 N–H and O–H groups in total. The molecule has 2 aromatic carbocycles. The third-order valence-corrected chi connectivity index (χ3v) is 7.67. The van der Waals surface area contributed by atoms with Gasteiger partial charge >= 0.3 is 0 Å². The first-order chi connectivity index (χ1) is 16.7. The minimum atomic E-state index is -0.128. The van der Waals surface area contributed by atoms with Crippen LogP contribution in [-0.4, -0.2) is 65.1 Å². The van der Waals surface area contributed by atoms with Crippen LogP contribution in [-0.2, 0) is 4.79 Å².